The Balaban J connectivity index is 1.48. The molecule has 1 amide bonds. The Bertz CT molecular complexity index is 1370. The summed E-state index contributed by atoms with van der Waals surface area (Å²) in [6.45, 7) is 0.653. The number of hydrogen-bond acceptors (Lipinski definition) is 5. The average molecular weight is 552 g/mol. The van der Waals surface area contributed by atoms with Crippen LogP contribution in [0.2, 0.25) is 0 Å². The van der Waals surface area contributed by atoms with E-state index in [9.17, 15) is 23.1 Å². The molecule has 4 rings (SSSR count). The van der Waals surface area contributed by atoms with Crippen LogP contribution in [0.3, 0.4) is 0 Å². The molecule has 1 aliphatic heterocycles. The van der Waals surface area contributed by atoms with Gasteiger partial charge in [-0.3, -0.25) is 9.59 Å². The smallest absolute Gasteiger partial charge is 0.322 e. The minimum absolute atomic E-state index is 0.0339. The van der Waals surface area contributed by atoms with Gasteiger partial charge in [-0.2, -0.15) is 17.4 Å². The molecular weight excluding hydrogens is 518 g/mol. The fourth-order valence-electron chi connectivity index (χ4n) is 4.97. The van der Waals surface area contributed by atoms with Gasteiger partial charge in [0.05, 0.1) is 12.7 Å². The lowest BCUT2D eigenvalue weighted by Crippen LogP contribution is -2.55. The van der Waals surface area contributed by atoms with Crippen LogP contribution in [0.5, 0.6) is 5.75 Å². The highest BCUT2D eigenvalue weighted by atomic mass is 32.2. The molecule has 3 aromatic carbocycles. The maximum atomic E-state index is 13.2. The molecule has 3 N–H and O–H groups in total. The second-order valence-electron chi connectivity index (χ2n) is 9.63. The Labute approximate surface area is 229 Å². The molecule has 3 aromatic rings. The molecule has 0 bridgehead atoms. The van der Waals surface area contributed by atoms with E-state index in [1.165, 1.54) is 11.4 Å². The van der Waals surface area contributed by atoms with Crippen molar-refractivity contribution < 1.29 is 27.9 Å². The number of amides is 1. The van der Waals surface area contributed by atoms with E-state index in [1.807, 2.05) is 36.4 Å². The normalized spacial score (nSPS) is 16.2. The summed E-state index contributed by atoms with van der Waals surface area (Å²) < 4.78 is 35.4. The minimum atomic E-state index is -4.06. The molecule has 0 spiro atoms. The summed E-state index contributed by atoms with van der Waals surface area (Å²) in [5.74, 6) is -1.04. The molecule has 0 aromatic heterocycles. The number of methoxy groups -OCH3 is 1. The molecule has 206 valence electrons. The highest BCUT2D eigenvalue weighted by Gasteiger charge is 2.40. The Morgan fingerprint density at radius 3 is 2.15 bits per heavy atom. The van der Waals surface area contributed by atoms with E-state index >= 15 is 0 Å². The van der Waals surface area contributed by atoms with E-state index in [4.69, 9.17) is 4.74 Å². The second kappa shape index (κ2) is 12.4. The maximum absolute atomic E-state index is 13.2. The van der Waals surface area contributed by atoms with Gasteiger partial charge in [0.1, 0.15) is 11.8 Å². The highest BCUT2D eigenvalue weighted by molar-refractivity contribution is 7.87. The summed E-state index contributed by atoms with van der Waals surface area (Å²) in [5, 5.41) is 12.7. The van der Waals surface area contributed by atoms with Crippen molar-refractivity contribution in [1.82, 2.24) is 14.3 Å². The van der Waals surface area contributed by atoms with Gasteiger partial charge in [0.2, 0.25) is 0 Å². The third kappa shape index (κ3) is 6.83. The number of rotatable bonds is 11. The Morgan fingerprint density at radius 1 is 0.949 bits per heavy atom. The lowest BCUT2D eigenvalue weighted by molar-refractivity contribution is -0.138. The van der Waals surface area contributed by atoms with Crippen molar-refractivity contribution in [2.45, 2.75) is 30.7 Å². The summed E-state index contributed by atoms with van der Waals surface area (Å²) in [7, 11) is -2.55. The van der Waals surface area contributed by atoms with Crippen molar-refractivity contribution in [3.8, 4) is 5.75 Å². The third-order valence-electron chi connectivity index (χ3n) is 7.22. The molecule has 1 saturated heterocycles. The SMILES string of the molecule is COc1ccccc1C(=O)NCC1(c2ccccc2)CCN(S(=O)(=O)NC(Cc2ccccc2)C(=O)O)CC1. The van der Waals surface area contributed by atoms with Gasteiger partial charge in [-0.25, -0.2) is 0 Å². The van der Waals surface area contributed by atoms with Crippen LogP contribution < -0.4 is 14.8 Å². The number of carboxylic acids is 1. The first-order valence-corrected chi connectivity index (χ1v) is 14.2. The molecule has 1 unspecified atom stereocenters. The Kier molecular flexibility index (Phi) is 9.01. The van der Waals surface area contributed by atoms with Crippen LogP contribution >= 0.6 is 0 Å². The summed E-state index contributed by atoms with van der Waals surface area (Å²) in [5.41, 5.74) is 1.65. The molecule has 1 atom stereocenters. The Morgan fingerprint density at radius 2 is 1.54 bits per heavy atom. The first-order chi connectivity index (χ1) is 18.7. The van der Waals surface area contributed by atoms with E-state index in [1.54, 1.807) is 48.5 Å². The van der Waals surface area contributed by atoms with Crippen LogP contribution in [-0.4, -0.2) is 62.5 Å². The fraction of sp³-hybridized carbons (Fsp3) is 0.310. The van der Waals surface area contributed by atoms with Crippen molar-refractivity contribution in [3.63, 3.8) is 0 Å². The Hall–Kier alpha value is -3.73. The van der Waals surface area contributed by atoms with Crippen molar-refractivity contribution >= 4 is 22.1 Å². The lowest BCUT2D eigenvalue weighted by Gasteiger charge is -2.42. The van der Waals surface area contributed by atoms with Gasteiger partial charge in [-0.15, -0.1) is 0 Å². The maximum Gasteiger partial charge on any atom is 0.322 e. The van der Waals surface area contributed by atoms with Crippen LogP contribution in [-0.2, 0) is 26.8 Å². The average Bonchev–Trinajstić information content (AvgIpc) is 2.96. The van der Waals surface area contributed by atoms with E-state index in [-0.39, 0.29) is 25.4 Å². The number of carbonyl (C=O) groups excluding carboxylic acids is 1. The van der Waals surface area contributed by atoms with Crippen LogP contribution in [0, 0.1) is 0 Å². The van der Waals surface area contributed by atoms with Crippen molar-refractivity contribution in [3.05, 3.63) is 102 Å². The summed E-state index contributed by atoms with van der Waals surface area (Å²) in [6.07, 6.45) is 0.924. The molecule has 1 heterocycles. The molecule has 0 aliphatic carbocycles. The molecule has 9 nitrogen and oxygen atoms in total. The fourth-order valence-corrected chi connectivity index (χ4v) is 6.33. The number of piperidine rings is 1. The van der Waals surface area contributed by atoms with E-state index in [0.29, 0.717) is 30.7 Å². The number of carboxylic acid groups (broad SMARTS) is 1. The number of nitrogens with one attached hydrogen (secondary N) is 2. The molecule has 1 fully saturated rings. The number of benzene rings is 3. The zero-order valence-electron chi connectivity index (χ0n) is 21.7. The zero-order chi connectivity index (χ0) is 27.9. The first-order valence-electron chi connectivity index (χ1n) is 12.7. The van der Waals surface area contributed by atoms with Crippen LogP contribution in [0.25, 0.3) is 0 Å². The van der Waals surface area contributed by atoms with Gasteiger partial charge in [0, 0.05) is 25.0 Å². The topological polar surface area (TPSA) is 125 Å². The highest BCUT2D eigenvalue weighted by Crippen LogP contribution is 2.36. The van der Waals surface area contributed by atoms with Gasteiger partial charge in [-0.05, 0) is 42.5 Å². The monoisotopic (exact) mass is 551 g/mol. The lowest BCUT2D eigenvalue weighted by atomic mass is 9.73. The number of hydrogen-bond donors (Lipinski definition) is 3. The largest absolute Gasteiger partial charge is 0.496 e. The molecule has 39 heavy (non-hydrogen) atoms. The number of ether oxygens (including phenoxy) is 1. The third-order valence-corrected chi connectivity index (χ3v) is 8.84. The van der Waals surface area contributed by atoms with Crippen LogP contribution in [0.1, 0.15) is 34.3 Å². The standard InChI is InChI=1S/C29H33N3O6S/c1-38-26-15-9-8-14-24(26)27(33)30-21-29(23-12-6-3-7-13-23)16-18-32(19-17-29)39(36,37)31-25(28(34)35)20-22-10-4-2-5-11-22/h2-15,25,31H,16-21H2,1H3,(H,30,33)(H,34,35). The summed E-state index contributed by atoms with van der Waals surface area (Å²) in [6, 6.07) is 24.3. The summed E-state index contributed by atoms with van der Waals surface area (Å²) in [4.78, 5) is 24.9. The van der Waals surface area contributed by atoms with Gasteiger partial charge in [0.25, 0.3) is 16.1 Å². The van der Waals surface area contributed by atoms with E-state index in [2.05, 4.69) is 10.0 Å². The molecular formula is C29H33N3O6S. The number of carbonyl (C=O) groups is 2. The van der Waals surface area contributed by atoms with Gasteiger partial charge in [-0.1, -0.05) is 72.8 Å². The predicted octanol–water partition coefficient (Wildman–Crippen LogP) is 2.99. The quantitative estimate of drug-likeness (QED) is 0.337. The molecule has 10 heteroatoms. The predicted molar refractivity (Wildman–Crippen MR) is 148 cm³/mol. The van der Waals surface area contributed by atoms with Gasteiger partial charge in [0.15, 0.2) is 0 Å². The first kappa shape index (κ1) is 28.3. The van der Waals surface area contributed by atoms with Crippen LogP contribution in [0.4, 0.5) is 0 Å². The van der Waals surface area contributed by atoms with Crippen LogP contribution in [0.15, 0.2) is 84.9 Å². The van der Waals surface area contributed by atoms with E-state index < -0.39 is 27.6 Å². The van der Waals surface area contributed by atoms with Crippen molar-refractivity contribution in [2.75, 3.05) is 26.7 Å². The number of nitrogens with zero attached hydrogens (tertiary/aromatic N) is 1. The van der Waals surface area contributed by atoms with Crippen molar-refractivity contribution in [2.24, 2.45) is 0 Å². The van der Waals surface area contributed by atoms with Gasteiger partial charge < -0.3 is 15.2 Å². The number of aliphatic carboxylic acids is 1. The molecule has 0 radical (unpaired) electrons. The van der Waals surface area contributed by atoms with Crippen molar-refractivity contribution in [1.29, 1.82) is 0 Å². The van der Waals surface area contributed by atoms with Gasteiger partial charge >= 0.3 is 5.97 Å². The number of para-hydroxylation sites is 1. The summed E-state index contributed by atoms with van der Waals surface area (Å²) >= 11 is 0. The molecule has 1 aliphatic rings. The zero-order valence-corrected chi connectivity index (χ0v) is 22.6. The second-order valence-corrected chi connectivity index (χ2v) is 11.3. The van der Waals surface area contributed by atoms with E-state index in [0.717, 1.165) is 11.1 Å². The molecule has 0 saturated carbocycles. The minimum Gasteiger partial charge on any atom is -0.496 e.